The minimum absolute atomic E-state index is 0.231. The molecule has 1 atom stereocenters. The number of carbonyl (C=O) groups excluding carboxylic acids is 1. The van der Waals surface area contributed by atoms with Crippen LogP contribution in [0.4, 0.5) is 4.39 Å². The summed E-state index contributed by atoms with van der Waals surface area (Å²) < 4.78 is 26.3. The molecule has 6 nitrogen and oxygen atoms in total. The average Bonchev–Trinajstić information content (AvgIpc) is 3.26. The number of hydrogen-bond donors (Lipinski definition) is 0. The van der Waals surface area contributed by atoms with Crippen LogP contribution in [0.3, 0.4) is 0 Å². The summed E-state index contributed by atoms with van der Waals surface area (Å²) in [6.07, 6.45) is 2.33. The van der Waals surface area contributed by atoms with Crippen LogP contribution in [-0.2, 0) is 16.1 Å². The van der Waals surface area contributed by atoms with Gasteiger partial charge in [-0.1, -0.05) is 72.9 Å². The van der Waals surface area contributed by atoms with Crippen LogP contribution in [0.15, 0.2) is 99.9 Å². The van der Waals surface area contributed by atoms with Gasteiger partial charge in [0.2, 0.25) is 0 Å². The fourth-order valence-corrected chi connectivity index (χ4v) is 5.44. The zero-order valence-electron chi connectivity index (χ0n) is 20.9. The number of thiazole rings is 1. The molecule has 8 heteroatoms. The first-order chi connectivity index (χ1) is 18.5. The van der Waals surface area contributed by atoms with Crippen LogP contribution < -0.4 is 19.6 Å². The van der Waals surface area contributed by atoms with Gasteiger partial charge in [-0.05, 0) is 53.5 Å². The van der Waals surface area contributed by atoms with Gasteiger partial charge in [0.25, 0.3) is 5.56 Å². The van der Waals surface area contributed by atoms with Crippen molar-refractivity contribution in [2.45, 2.75) is 26.0 Å². The molecule has 0 unspecified atom stereocenters. The maximum atomic E-state index is 13.7. The molecular formula is C30H25FN2O4S. The number of benzene rings is 3. The second-order valence-electron chi connectivity index (χ2n) is 8.69. The molecule has 1 aliphatic rings. The van der Waals surface area contributed by atoms with Crippen LogP contribution in [0.5, 0.6) is 5.75 Å². The van der Waals surface area contributed by atoms with Crippen molar-refractivity contribution in [1.82, 2.24) is 4.57 Å². The van der Waals surface area contributed by atoms with Crippen LogP contribution in [0.1, 0.15) is 36.1 Å². The summed E-state index contributed by atoms with van der Waals surface area (Å²) in [6, 6.07) is 22.4. The summed E-state index contributed by atoms with van der Waals surface area (Å²) in [5.41, 5.74) is 3.11. The van der Waals surface area contributed by atoms with Crippen LogP contribution in [-0.4, -0.2) is 17.6 Å². The van der Waals surface area contributed by atoms with Crippen molar-refractivity contribution >= 4 is 23.4 Å². The number of carbonyl (C=O) groups is 1. The van der Waals surface area contributed by atoms with Gasteiger partial charge in [0.15, 0.2) is 4.80 Å². The highest BCUT2D eigenvalue weighted by Gasteiger charge is 2.33. The van der Waals surface area contributed by atoms with Crippen LogP contribution in [0.25, 0.3) is 6.08 Å². The van der Waals surface area contributed by atoms with E-state index in [-0.39, 0.29) is 18.0 Å². The standard InChI is InChI=1S/C30H25FN2O4S/c1-3-24-26(29(35)36-2)27(21-9-5-4-6-10-21)33-28(34)25(38-30(33)32-24)17-19-12-14-23(15-13-19)37-18-20-8-7-11-22(31)16-20/h4-17,27H,3,18H2,1-2H3/b25-17-/t27-/m0/s1. The van der Waals surface area contributed by atoms with E-state index in [2.05, 4.69) is 4.99 Å². The quantitative estimate of drug-likeness (QED) is 0.331. The van der Waals surface area contributed by atoms with Crippen molar-refractivity contribution in [3.63, 3.8) is 0 Å². The van der Waals surface area contributed by atoms with Crippen LogP contribution in [0.2, 0.25) is 0 Å². The monoisotopic (exact) mass is 528 g/mol. The Kier molecular flexibility index (Phi) is 7.33. The number of ether oxygens (including phenoxy) is 2. The third-order valence-corrected chi connectivity index (χ3v) is 7.22. The van der Waals surface area contributed by atoms with E-state index in [4.69, 9.17) is 9.47 Å². The molecule has 3 aromatic carbocycles. The molecule has 38 heavy (non-hydrogen) atoms. The number of fused-ring (bicyclic) bond motifs is 1. The lowest BCUT2D eigenvalue weighted by Crippen LogP contribution is -2.40. The number of rotatable bonds is 7. The first-order valence-electron chi connectivity index (χ1n) is 12.1. The van der Waals surface area contributed by atoms with Gasteiger partial charge < -0.3 is 9.47 Å². The fraction of sp³-hybridized carbons (Fsp3) is 0.167. The van der Waals surface area contributed by atoms with Crippen molar-refractivity contribution in [3.8, 4) is 5.75 Å². The van der Waals surface area contributed by atoms with Crippen LogP contribution >= 0.6 is 11.3 Å². The Morgan fingerprint density at radius 1 is 1.08 bits per heavy atom. The van der Waals surface area contributed by atoms with Crippen molar-refractivity contribution < 1.29 is 18.7 Å². The van der Waals surface area contributed by atoms with Crippen molar-refractivity contribution in [3.05, 3.63) is 132 Å². The Bertz CT molecular complexity index is 1690. The topological polar surface area (TPSA) is 69.9 Å². The molecular weight excluding hydrogens is 503 g/mol. The number of allylic oxidation sites excluding steroid dienone is 1. The molecule has 0 radical (unpaired) electrons. The molecule has 0 saturated carbocycles. The number of methoxy groups -OCH3 is 1. The van der Waals surface area contributed by atoms with Gasteiger partial charge in [0.05, 0.1) is 29.0 Å². The average molecular weight is 529 g/mol. The second-order valence-corrected chi connectivity index (χ2v) is 9.70. The second kappa shape index (κ2) is 11.0. The van der Waals surface area contributed by atoms with Crippen molar-refractivity contribution in [2.75, 3.05) is 7.11 Å². The lowest BCUT2D eigenvalue weighted by Gasteiger charge is -2.25. The third kappa shape index (κ3) is 5.08. The Balaban J connectivity index is 1.50. The largest absolute Gasteiger partial charge is 0.489 e. The zero-order chi connectivity index (χ0) is 26.6. The maximum Gasteiger partial charge on any atom is 0.338 e. The fourth-order valence-electron chi connectivity index (χ4n) is 4.42. The van der Waals surface area contributed by atoms with E-state index in [1.807, 2.05) is 49.4 Å². The molecule has 0 saturated heterocycles. The molecule has 1 aliphatic heterocycles. The van der Waals surface area contributed by atoms with E-state index in [9.17, 15) is 14.0 Å². The SMILES string of the molecule is CCC1=C(C(=O)OC)[C@H](c2ccccc2)n2c(s/c(=C\c3ccc(OCc4cccc(F)c4)cc3)c2=O)=N1. The molecule has 0 fully saturated rings. The Morgan fingerprint density at radius 2 is 1.84 bits per heavy atom. The van der Waals surface area contributed by atoms with Crippen molar-refractivity contribution in [1.29, 1.82) is 0 Å². The van der Waals surface area contributed by atoms with Crippen molar-refractivity contribution in [2.24, 2.45) is 4.99 Å². The zero-order valence-corrected chi connectivity index (χ0v) is 21.7. The van der Waals surface area contributed by atoms with E-state index >= 15 is 0 Å². The van der Waals surface area contributed by atoms with E-state index in [0.29, 0.717) is 32.8 Å². The van der Waals surface area contributed by atoms with E-state index in [1.54, 1.807) is 34.9 Å². The molecule has 0 N–H and O–H groups in total. The normalized spacial score (nSPS) is 15.1. The predicted octanol–water partition coefficient (Wildman–Crippen LogP) is 4.52. The Morgan fingerprint density at radius 3 is 2.53 bits per heavy atom. The predicted molar refractivity (Wildman–Crippen MR) is 144 cm³/mol. The van der Waals surface area contributed by atoms with Gasteiger partial charge in [0, 0.05) is 0 Å². The van der Waals surface area contributed by atoms with Gasteiger partial charge in [-0.2, -0.15) is 0 Å². The number of hydrogen-bond acceptors (Lipinski definition) is 6. The lowest BCUT2D eigenvalue weighted by molar-refractivity contribution is -0.136. The molecule has 192 valence electrons. The van der Waals surface area contributed by atoms with Gasteiger partial charge in [-0.15, -0.1) is 0 Å². The third-order valence-electron chi connectivity index (χ3n) is 6.24. The highest BCUT2D eigenvalue weighted by atomic mass is 32.1. The molecule has 2 heterocycles. The van der Waals surface area contributed by atoms with Gasteiger partial charge in [-0.25, -0.2) is 14.2 Å². The first-order valence-corrected chi connectivity index (χ1v) is 13.0. The molecule has 5 rings (SSSR count). The Labute approximate surface area is 222 Å². The molecule has 1 aromatic heterocycles. The number of nitrogens with zero attached hydrogens (tertiary/aromatic N) is 2. The van der Waals surface area contributed by atoms with E-state index in [0.717, 1.165) is 16.7 Å². The lowest BCUT2D eigenvalue weighted by atomic mass is 9.95. The van der Waals surface area contributed by atoms with Crippen LogP contribution in [0, 0.1) is 5.82 Å². The highest BCUT2D eigenvalue weighted by molar-refractivity contribution is 7.07. The smallest absolute Gasteiger partial charge is 0.338 e. The van der Waals surface area contributed by atoms with E-state index in [1.165, 1.54) is 30.6 Å². The minimum Gasteiger partial charge on any atom is -0.489 e. The maximum absolute atomic E-state index is 13.7. The highest BCUT2D eigenvalue weighted by Crippen LogP contribution is 2.31. The Hall–Kier alpha value is -4.30. The van der Waals surface area contributed by atoms with Gasteiger partial charge in [-0.3, -0.25) is 9.36 Å². The number of aromatic nitrogens is 1. The summed E-state index contributed by atoms with van der Waals surface area (Å²) in [6.45, 7) is 2.17. The summed E-state index contributed by atoms with van der Waals surface area (Å²) in [5.74, 6) is -0.169. The number of halogens is 1. The summed E-state index contributed by atoms with van der Waals surface area (Å²) >= 11 is 1.28. The summed E-state index contributed by atoms with van der Waals surface area (Å²) in [7, 11) is 1.33. The first kappa shape index (κ1) is 25.4. The van der Waals surface area contributed by atoms with E-state index < -0.39 is 12.0 Å². The van der Waals surface area contributed by atoms with Gasteiger partial charge >= 0.3 is 5.97 Å². The minimum atomic E-state index is -0.629. The molecule has 0 bridgehead atoms. The molecule has 0 spiro atoms. The summed E-state index contributed by atoms with van der Waals surface area (Å²) in [5, 5.41) is 0. The molecule has 4 aromatic rings. The molecule has 0 aliphatic carbocycles. The van der Waals surface area contributed by atoms with Gasteiger partial charge in [0.1, 0.15) is 18.2 Å². The molecule has 0 amide bonds. The number of esters is 1. The summed E-state index contributed by atoms with van der Waals surface area (Å²) in [4.78, 5) is 31.7.